The van der Waals surface area contributed by atoms with Gasteiger partial charge in [-0.2, -0.15) is 0 Å². The fraction of sp³-hybridized carbons (Fsp3) is 0.500. The molecule has 2 aliphatic rings. The molecule has 112 valence electrons. The molecule has 7 heteroatoms. The van der Waals surface area contributed by atoms with Gasteiger partial charge in [-0.1, -0.05) is 0 Å². The van der Waals surface area contributed by atoms with Gasteiger partial charge in [0.2, 0.25) is 5.91 Å². The van der Waals surface area contributed by atoms with E-state index >= 15 is 0 Å². The third-order valence-electron chi connectivity index (χ3n) is 4.13. The lowest BCUT2D eigenvalue weighted by Gasteiger charge is -2.31. The first kappa shape index (κ1) is 14.1. The lowest BCUT2D eigenvalue weighted by molar-refractivity contribution is -0.138. The highest BCUT2D eigenvalue weighted by atomic mass is 32.1. The summed E-state index contributed by atoms with van der Waals surface area (Å²) in [6, 6.07) is 1.43. The van der Waals surface area contributed by atoms with Gasteiger partial charge >= 0.3 is 6.03 Å². The second-order valence-electron chi connectivity index (χ2n) is 5.63. The SMILES string of the molecule is CN(C)C(=O)CN1C(=O)N[C@@]2(CCCc3sccc32)C1=O. The zero-order valence-corrected chi connectivity index (χ0v) is 12.8. The molecule has 1 aromatic heterocycles. The zero-order chi connectivity index (χ0) is 15.2. The monoisotopic (exact) mass is 307 g/mol. The number of carbonyl (C=O) groups excluding carboxylic acids is 3. The number of amides is 4. The van der Waals surface area contributed by atoms with Crippen molar-refractivity contribution in [1.29, 1.82) is 0 Å². The molecule has 1 aliphatic carbocycles. The molecule has 1 aromatic rings. The molecule has 0 saturated carbocycles. The molecule has 1 saturated heterocycles. The summed E-state index contributed by atoms with van der Waals surface area (Å²) in [5.74, 6) is -0.570. The Bertz CT molecular complexity index is 625. The molecule has 6 nitrogen and oxygen atoms in total. The molecule has 2 heterocycles. The van der Waals surface area contributed by atoms with Crippen LogP contribution in [0.15, 0.2) is 11.4 Å². The predicted octanol–water partition coefficient (Wildman–Crippen LogP) is 0.920. The summed E-state index contributed by atoms with van der Waals surface area (Å²) >= 11 is 1.61. The minimum atomic E-state index is -0.961. The summed E-state index contributed by atoms with van der Waals surface area (Å²) in [5, 5.41) is 4.78. The number of hydrogen-bond donors (Lipinski definition) is 1. The first-order valence-corrected chi connectivity index (χ1v) is 7.75. The maximum Gasteiger partial charge on any atom is 0.325 e. The number of nitrogens with zero attached hydrogens (tertiary/aromatic N) is 2. The molecule has 0 aromatic carbocycles. The normalized spacial score (nSPS) is 24.2. The van der Waals surface area contributed by atoms with Gasteiger partial charge in [-0.25, -0.2) is 4.79 Å². The van der Waals surface area contributed by atoms with Crippen molar-refractivity contribution in [2.75, 3.05) is 20.6 Å². The van der Waals surface area contributed by atoms with Gasteiger partial charge in [0.1, 0.15) is 12.1 Å². The Morgan fingerprint density at radius 2 is 2.24 bits per heavy atom. The van der Waals surface area contributed by atoms with Crippen LogP contribution >= 0.6 is 11.3 Å². The summed E-state index contributed by atoms with van der Waals surface area (Å²) < 4.78 is 0. The third-order valence-corrected chi connectivity index (χ3v) is 5.11. The molecular weight excluding hydrogens is 290 g/mol. The van der Waals surface area contributed by atoms with Crippen LogP contribution < -0.4 is 5.32 Å². The Morgan fingerprint density at radius 3 is 2.95 bits per heavy atom. The minimum Gasteiger partial charge on any atom is -0.347 e. The summed E-state index contributed by atoms with van der Waals surface area (Å²) in [5.41, 5.74) is -0.0611. The fourth-order valence-corrected chi connectivity index (χ4v) is 3.96. The van der Waals surface area contributed by atoms with Crippen molar-refractivity contribution < 1.29 is 14.4 Å². The minimum absolute atomic E-state index is 0.209. The van der Waals surface area contributed by atoms with Gasteiger partial charge < -0.3 is 10.2 Å². The van der Waals surface area contributed by atoms with E-state index in [-0.39, 0.29) is 18.4 Å². The molecule has 3 rings (SSSR count). The molecule has 1 fully saturated rings. The van der Waals surface area contributed by atoms with Crippen LogP contribution in [-0.4, -0.2) is 48.3 Å². The Labute approximate surface area is 126 Å². The summed E-state index contributed by atoms with van der Waals surface area (Å²) in [7, 11) is 3.21. The number of hydrogen-bond acceptors (Lipinski definition) is 4. The highest BCUT2D eigenvalue weighted by Gasteiger charge is 2.54. The molecule has 0 radical (unpaired) electrons. The summed E-state index contributed by atoms with van der Waals surface area (Å²) in [4.78, 5) is 40.3. The van der Waals surface area contributed by atoms with Crippen molar-refractivity contribution in [2.24, 2.45) is 0 Å². The third kappa shape index (κ3) is 2.03. The average molecular weight is 307 g/mol. The van der Waals surface area contributed by atoms with Crippen LogP contribution in [0, 0.1) is 0 Å². The standard InChI is InChI=1S/C14H17N3O3S/c1-16(2)11(18)8-17-12(19)14(15-13(17)20)6-3-4-10-9(14)5-7-21-10/h5,7H,3-4,6,8H2,1-2H3,(H,15,20)/t14-/m1/s1. The number of fused-ring (bicyclic) bond motifs is 2. The van der Waals surface area contributed by atoms with Crippen LogP contribution in [0.25, 0.3) is 0 Å². The summed E-state index contributed by atoms with van der Waals surface area (Å²) in [6.45, 7) is -0.209. The van der Waals surface area contributed by atoms with E-state index in [0.29, 0.717) is 6.42 Å². The van der Waals surface area contributed by atoms with Crippen LogP contribution in [0.3, 0.4) is 0 Å². The molecular formula is C14H17N3O3S. The van der Waals surface area contributed by atoms with Crippen LogP contribution in [-0.2, 0) is 21.5 Å². The van der Waals surface area contributed by atoms with Gasteiger partial charge in [0.05, 0.1) is 0 Å². The number of urea groups is 1. The molecule has 1 spiro atoms. The van der Waals surface area contributed by atoms with Crippen molar-refractivity contribution in [1.82, 2.24) is 15.1 Å². The molecule has 0 unspecified atom stereocenters. The quantitative estimate of drug-likeness (QED) is 0.826. The Kier molecular flexibility index (Phi) is 3.24. The van der Waals surface area contributed by atoms with E-state index in [1.165, 1.54) is 4.90 Å². The Balaban J connectivity index is 1.93. The van der Waals surface area contributed by atoms with E-state index in [9.17, 15) is 14.4 Å². The van der Waals surface area contributed by atoms with E-state index in [1.54, 1.807) is 25.4 Å². The van der Waals surface area contributed by atoms with Crippen molar-refractivity contribution in [3.8, 4) is 0 Å². The predicted molar refractivity (Wildman–Crippen MR) is 77.9 cm³/mol. The van der Waals surface area contributed by atoms with Crippen LogP contribution in [0.2, 0.25) is 0 Å². The van der Waals surface area contributed by atoms with Gasteiger partial charge in [0.15, 0.2) is 0 Å². The molecule has 1 aliphatic heterocycles. The second-order valence-corrected chi connectivity index (χ2v) is 6.63. The number of nitrogens with one attached hydrogen (secondary N) is 1. The van der Waals surface area contributed by atoms with Gasteiger partial charge in [0.25, 0.3) is 5.91 Å². The number of aryl methyl sites for hydroxylation is 1. The van der Waals surface area contributed by atoms with Gasteiger partial charge in [0, 0.05) is 24.5 Å². The topological polar surface area (TPSA) is 69.7 Å². The molecule has 4 amide bonds. The van der Waals surface area contributed by atoms with Crippen LogP contribution in [0.4, 0.5) is 4.79 Å². The first-order chi connectivity index (χ1) is 9.95. The Hall–Kier alpha value is -1.89. The zero-order valence-electron chi connectivity index (χ0n) is 12.0. The van der Waals surface area contributed by atoms with Crippen molar-refractivity contribution >= 4 is 29.2 Å². The first-order valence-electron chi connectivity index (χ1n) is 6.87. The molecule has 1 N–H and O–H groups in total. The number of thiophene rings is 1. The van der Waals surface area contributed by atoms with Crippen molar-refractivity contribution in [2.45, 2.75) is 24.8 Å². The largest absolute Gasteiger partial charge is 0.347 e. The second kappa shape index (κ2) is 4.84. The van der Waals surface area contributed by atoms with Gasteiger partial charge in [-0.15, -0.1) is 11.3 Å². The number of rotatable bonds is 2. The van der Waals surface area contributed by atoms with E-state index in [1.807, 2.05) is 11.4 Å². The van der Waals surface area contributed by atoms with Crippen LogP contribution in [0.5, 0.6) is 0 Å². The smallest absolute Gasteiger partial charge is 0.325 e. The Morgan fingerprint density at radius 1 is 1.48 bits per heavy atom. The van der Waals surface area contributed by atoms with Gasteiger partial charge in [-0.3, -0.25) is 14.5 Å². The van der Waals surface area contributed by atoms with E-state index in [4.69, 9.17) is 0 Å². The van der Waals surface area contributed by atoms with Crippen molar-refractivity contribution in [3.05, 3.63) is 21.9 Å². The molecule has 21 heavy (non-hydrogen) atoms. The highest BCUT2D eigenvalue weighted by molar-refractivity contribution is 7.10. The fourth-order valence-electron chi connectivity index (χ4n) is 2.96. The number of likely N-dealkylation sites (N-methyl/N-ethyl adjacent to an activating group) is 1. The maximum absolute atomic E-state index is 12.8. The van der Waals surface area contributed by atoms with E-state index in [0.717, 1.165) is 28.2 Å². The van der Waals surface area contributed by atoms with Gasteiger partial charge in [-0.05, 0) is 30.7 Å². The highest BCUT2D eigenvalue weighted by Crippen LogP contribution is 2.41. The van der Waals surface area contributed by atoms with Crippen molar-refractivity contribution in [3.63, 3.8) is 0 Å². The summed E-state index contributed by atoms with van der Waals surface area (Å²) in [6.07, 6.45) is 2.39. The van der Waals surface area contributed by atoms with E-state index < -0.39 is 11.6 Å². The maximum atomic E-state index is 12.8. The molecule has 1 atom stereocenters. The number of imide groups is 1. The number of carbonyl (C=O) groups is 3. The average Bonchev–Trinajstić information content (AvgIpc) is 3.00. The lowest BCUT2D eigenvalue weighted by Crippen LogP contribution is -2.46. The van der Waals surface area contributed by atoms with E-state index in [2.05, 4.69) is 5.32 Å². The molecule has 0 bridgehead atoms. The van der Waals surface area contributed by atoms with Crippen LogP contribution in [0.1, 0.15) is 23.3 Å². The lowest BCUT2D eigenvalue weighted by atomic mass is 9.80.